The minimum atomic E-state index is 0.0966. The van der Waals surface area contributed by atoms with Crippen LogP contribution < -0.4 is 10.1 Å². The zero-order valence-corrected chi connectivity index (χ0v) is 18.6. The highest BCUT2D eigenvalue weighted by Gasteiger charge is 2.16. The second kappa shape index (κ2) is 12.0. The molecule has 2 aromatic rings. The van der Waals surface area contributed by atoms with Crippen LogP contribution in [0.2, 0.25) is 0 Å². The number of allylic oxidation sites excluding steroid dienone is 5. The smallest absolute Gasteiger partial charge is 0.245 e. The Labute approximate surface area is 184 Å². The van der Waals surface area contributed by atoms with Gasteiger partial charge in [0.25, 0.3) is 0 Å². The van der Waals surface area contributed by atoms with Crippen molar-refractivity contribution < 1.29 is 9.53 Å². The summed E-state index contributed by atoms with van der Waals surface area (Å²) in [5.41, 5.74) is 2.13. The van der Waals surface area contributed by atoms with Crippen LogP contribution in [0.25, 0.3) is 11.2 Å². The maximum absolute atomic E-state index is 11.6. The van der Waals surface area contributed by atoms with Crippen LogP contribution in [-0.4, -0.2) is 32.3 Å². The van der Waals surface area contributed by atoms with E-state index in [2.05, 4.69) is 25.3 Å². The number of fused-ring (bicyclic) bond motifs is 1. The van der Waals surface area contributed by atoms with Crippen LogP contribution in [0, 0.1) is 5.92 Å². The molecule has 166 valence electrons. The van der Waals surface area contributed by atoms with Gasteiger partial charge < -0.3 is 15.0 Å². The molecular formula is C24H33N5O2. The first kappa shape index (κ1) is 22.7. The van der Waals surface area contributed by atoms with E-state index in [9.17, 15) is 4.79 Å². The first-order valence-corrected chi connectivity index (χ1v) is 11.4. The number of ketones is 1. The number of nitrogens with one attached hydrogen (secondary N) is 2. The molecule has 0 saturated heterocycles. The Morgan fingerprint density at radius 1 is 1.10 bits per heavy atom. The summed E-state index contributed by atoms with van der Waals surface area (Å²) in [6.07, 6.45) is 19.5. The molecule has 0 amide bonds. The number of aromatic amines is 1. The predicted octanol–water partition coefficient (Wildman–Crippen LogP) is 5.50. The van der Waals surface area contributed by atoms with Gasteiger partial charge in [0.1, 0.15) is 5.52 Å². The Morgan fingerprint density at radius 2 is 1.90 bits per heavy atom. The highest BCUT2D eigenvalue weighted by molar-refractivity contribution is 5.90. The summed E-state index contributed by atoms with van der Waals surface area (Å²) >= 11 is 0. The van der Waals surface area contributed by atoms with Gasteiger partial charge in [0.2, 0.25) is 11.8 Å². The lowest BCUT2D eigenvalue weighted by molar-refractivity contribution is -0.113. The van der Waals surface area contributed by atoms with E-state index in [4.69, 9.17) is 4.74 Å². The summed E-state index contributed by atoms with van der Waals surface area (Å²) in [7, 11) is 0. The van der Waals surface area contributed by atoms with Crippen molar-refractivity contribution in [2.24, 2.45) is 5.92 Å². The Bertz CT molecular complexity index is 937. The van der Waals surface area contributed by atoms with Gasteiger partial charge in [0.05, 0.1) is 12.9 Å². The van der Waals surface area contributed by atoms with Crippen LogP contribution in [0.4, 0.5) is 5.95 Å². The number of H-pyrrole nitrogens is 1. The Kier molecular flexibility index (Phi) is 8.82. The van der Waals surface area contributed by atoms with Gasteiger partial charge in [-0.15, -0.1) is 0 Å². The van der Waals surface area contributed by atoms with Gasteiger partial charge in [-0.05, 0) is 37.3 Å². The number of hydrogen-bond acceptors (Lipinski definition) is 6. The normalized spacial score (nSPS) is 20.3. The van der Waals surface area contributed by atoms with Crippen LogP contribution in [0.1, 0.15) is 65.2 Å². The maximum atomic E-state index is 11.6. The molecule has 7 heteroatoms. The number of nitrogens with zero attached hydrogens (tertiary/aromatic N) is 3. The second-order valence-corrected chi connectivity index (χ2v) is 7.62. The molecule has 31 heavy (non-hydrogen) atoms. The van der Waals surface area contributed by atoms with Crippen molar-refractivity contribution in [1.82, 2.24) is 19.9 Å². The number of hydrogen-bond donors (Lipinski definition) is 2. The molecule has 2 aromatic heterocycles. The number of rotatable bonds is 5. The SMILES string of the molecule is CC.O=C1C=CC/C=C(Nc2nc(OCC3CCCCCC3)c3[nH]cnc3n2)\C=C/C1. The lowest BCUT2D eigenvalue weighted by atomic mass is 10.0. The largest absolute Gasteiger partial charge is 0.476 e. The zero-order valence-electron chi connectivity index (χ0n) is 18.6. The summed E-state index contributed by atoms with van der Waals surface area (Å²) in [6.45, 7) is 4.67. The third-order valence-corrected chi connectivity index (χ3v) is 5.33. The monoisotopic (exact) mass is 423 g/mol. The van der Waals surface area contributed by atoms with E-state index >= 15 is 0 Å². The lowest BCUT2D eigenvalue weighted by Gasteiger charge is -2.15. The molecule has 0 aliphatic heterocycles. The second-order valence-electron chi connectivity index (χ2n) is 7.62. The average molecular weight is 424 g/mol. The Morgan fingerprint density at radius 3 is 2.71 bits per heavy atom. The fourth-order valence-electron chi connectivity index (χ4n) is 3.75. The maximum Gasteiger partial charge on any atom is 0.245 e. The highest BCUT2D eigenvalue weighted by Crippen LogP contribution is 2.26. The van der Waals surface area contributed by atoms with Gasteiger partial charge in [-0.25, -0.2) is 4.98 Å². The van der Waals surface area contributed by atoms with Crippen molar-refractivity contribution in [3.05, 3.63) is 42.4 Å². The minimum Gasteiger partial charge on any atom is -0.476 e. The van der Waals surface area contributed by atoms with Gasteiger partial charge >= 0.3 is 0 Å². The van der Waals surface area contributed by atoms with E-state index in [-0.39, 0.29) is 5.78 Å². The first-order chi connectivity index (χ1) is 15.3. The lowest BCUT2D eigenvalue weighted by Crippen LogP contribution is -2.13. The number of anilines is 1. The Balaban J connectivity index is 0.00000132. The van der Waals surface area contributed by atoms with E-state index in [1.807, 2.05) is 38.2 Å². The van der Waals surface area contributed by atoms with E-state index in [0.717, 1.165) is 11.2 Å². The average Bonchev–Trinajstić information content (AvgIpc) is 3.15. The molecule has 2 aliphatic rings. The molecular weight excluding hydrogens is 390 g/mol. The summed E-state index contributed by atoms with van der Waals surface area (Å²) in [4.78, 5) is 28.1. The van der Waals surface area contributed by atoms with Crippen molar-refractivity contribution in [3.8, 4) is 5.88 Å². The van der Waals surface area contributed by atoms with E-state index in [1.165, 1.54) is 38.5 Å². The number of ether oxygens (including phenoxy) is 1. The fraction of sp³-hybridized carbons (Fsp3) is 0.500. The van der Waals surface area contributed by atoms with Crippen molar-refractivity contribution in [1.29, 1.82) is 0 Å². The molecule has 2 heterocycles. The van der Waals surface area contributed by atoms with Crippen LogP contribution >= 0.6 is 0 Å². The van der Waals surface area contributed by atoms with Gasteiger partial charge in [-0.3, -0.25) is 4.79 Å². The topological polar surface area (TPSA) is 92.8 Å². The third-order valence-electron chi connectivity index (χ3n) is 5.33. The molecule has 2 N–H and O–H groups in total. The molecule has 2 aliphatic carbocycles. The van der Waals surface area contributed by atoms with Crippen molar-refractivity contribution in [2.45, 2.75) is 65.2 Å². The summed E-state index contributed by atoms with van der Waals surface area (Å²) in [5, 5.41) is 3.23. The highest BCUT2D eigenvalue weighted by atomic mass is 16.5. The van der Waals surface area contributed by atoms with Crippen LogP contribution in [0.5, 0.6) is 5.88 Å². The summed E-state index contributed by atoms with van der Waals surface area (Å²) in [6, 6.07) is 0. The number of carbonyl (C=O) groups excluding carboxylic acids is 1. The quantitative estimate of drug-likeness (QED) is 0.617. The molecule has 0 radical (unpaired) electrons. The van der Waals surface area contributed by atoms with E-state index in [1.54, 1.807) is 12.4 Å². The minimum absolute atomic E-state index is 0.0966. The summed E-state index contributed by atoms with van der Waals surface area (Å²) < 4.78 is 6.13. The van der Waals surface area contributed by atoms with Gasteiger partial charge in [0.15, 0.2) is 11.4 Å². The molecule has 1 fully saturated rings. The van der Waals surface area contributed by atoms with Crippen LogP contribution in [0.3, 0.4) is 0 Å². The molecule has 0 atom stereocenters. The Hall–Kier alpha value is -2.96. The van der Waals surface area contributed by atoms with Crippen LogP contribution in [-0.2, 0) is 4.79 Å². The van der Waals surface area contributed by atoms with Crippen LogP contribution in [0.15, 0.2) is 42.4 Å². The van der Waals surface area contributed by atoms with Gasteiger partial charge in [-0.1, -0.05) is 57.8 Å². The standard InChI is InChI=1S/C22H27N5O2.C2H6/c28-18-12-6-5-10-17(11-7-13-18)25-22-26-20-19(23-15-24-20)21(27-22)29-14-16-8-3-1-2-4-9-16;1-2/h6-7,10-12,15-16H,1-5,8-9,13-14H2,(H2,23,24,25,26,27);1-2H3/b11-7-,12-6?,17-10+;. The van der Waals surface area contributed by atoms with E-state index in [0.29, 0.717) is 42.8 Å². The number of carbonyl (C=O) groups is 1. The van der Waals surface area contributed by atoms with Gasteiger partial charge in [0, 0.05) is 12.1 Å². The predicted molar refractivity (Wildman–Crippen MR) is 124 cm³/mol. The van der Waals surface area contributed by atoms with Crippen molar-refractivity contribution in [3.63, 3.8) is 0 Å². The fourth-order valence-corrected chi connectivity index (χ4v) is 3.75. The molecule has 0 spiro atoms. The summed E-state index contributed by atoms with van der Waals surface area (Å²) in [5.74, 6) is 1.64. The van der Waals surface area contributed by atoms with E-state index < -0.39 is 0 Å². The van der Waals surface area contributed by atoms with Gasteiger partial charge in [-0.2, -0.15) is 9.97 Å². The number of aromatic nitrogens is 4. The molecule has 0 unspecified atom stereocenters. The number of imidazole rings is 1. The molecule has 7 nitrogen and oxygen atoms in total. The van der Waals surface area contributed by atoms with Crippen molar-refractivity contribution >= 4 is 22.9 Å². The first-order valence-electron chi connectivity index (χ1n) is 11.4. The third kappa shape index (κ3) is 6.77. The molecule has 1 saturated carbocycles. The molecule has 4 rings (SSSR count). The molecule has 0 bridgehead atoms. The molecule has 0 aromatic carbocycles. The van der Waals surface area contributed by atoms with Crippen molar-refractivity contribution in [2.75, 3.05) is 11.9 Å². The zero-order chi connectivity index (χ0) is 21.9.